The van der Waals surface area contributed by atoms with Crippen LogP contribution in [-0.4, -0.2) is 27.2 Å². The van der Waals surface area contributed by atoms with Crippen molar-refractivity contribution in [1.29, 1.82) is 0 Å². The van der Waals surface area contributed by atoms with Gasteiger partial charge in [-0.3, -0.25) is 0 Å². The highest BCUT2D eigenvalue weighted by atomic mass is 35.5. The van der Waals surface area contributed by atoms with Crippen molar-refractivity contribution in [2.24, 2.45) is 0 Å². The van der Waals surface area contributed by atoms with Crippen LogP contribution in [-0.2, 0) is 14.8 Å². The van der Waals surface area contributed by atoms with Crippen LogP contribution in [0.2, 0.25) is 5.02 Å². The summed E-state index contributed by atoms with van der Waals surface area (Å²) in [6.07, 6.45) is 1.55. The van der Waals surface area contributed by atoms with E-state index in [1.807, 2.05) is 6.92 Å². The molecular weight excluding hydrogens is 300 g/mol. The quantitative estimate of drug-likeness (QED) is 0.814. The third-order valence-corrected chi connectivity index (χ3v) is 5.38. The van der Waals surface area contributed by atoms with E-state index in [0.717, 1.165) is 0 Å². The van der Waals surface area contributed by atoms with Crippen molar-refractivity contribution in [3.05, 3.63) is 22.7 Å². The molecule has 0 unspecified atom stereocenters. The highest BCUT2D eigenvalue weighted by Gasteiger charge is 2.33. The van der Waals surface area contributed by atoms with Crippen LogP contribution in [0.15, 0.2) is 17.0 Å². The first kappa shape index (κ1) is 15.6. The number of nitrogen functional groups attached to an aromatic ring is 1. The number of rotatable bonds is 5. The van der Waals surface area contributed by atoms with E-state index in [2.05, 4.69) is 4.72 Å². The van der Waals surface area contributed by atoms with Gasteiger partial charge in [0.15, 0.2) is 0 Å². The molecule has 112 valence electrons. The summed E-state index contributed by atoms with van der Waals surface area (Å²) < 4.78 is 32.6. The zero-order chi connectivity index (χ0) is 14.9. The minimum absolute atomic E-state index is 0.0853. The lowest BCUT2D eigenvalue weighted by Gasteiger charge is -2.35. The molecule has 5 nitrogen and oxygen atoms in total. The van der Waals surface area contributed by atoms with Crippen LogP contribution in [0.3, 0.4) is 0 Å². The highest BCUT2D eigenvalue weighted by Crippen LogP contribution is 2.28. The maximum absolute atomic E-state index is 12.2. The van der Waals surface area contributed by atoms with Crippen LogP contribution in [0.5, 0.6) is 0 Å². The summed E-state index contributed by atoms with van der Waals surface area (Å²) in [6.45, 7) is 4.32. The third-order valence-electron chi connectivity index (χ3n) is 3.49. The summed E-state index contributed by atoms with van der Waals surface area (Å²) in [5, 5.41) is 0.353. The van der Waals surface area contributed by atoms with Gasteiger partial charge in [-0.05, 0) is 44.4 Å². The third kappa shape index (κ3) is 3.25. The Morgan fingerprint density at radius 3 is 2.65 bits per heavy atom. The number of nitrogens with one attached hydrogen (secondary N) is 1. The van der Waals surface area contributed by atoms with Gasteiger partial charge in [-0.1, -0.05) is 11.6 Å². The Hall–Kier alpha value is -0.820. The summed E-state index contributed by atoms with van der Waals surface area (Å²) in [6, 6.07) is 2.77. The molecule has 0 radical (unpaired) electrons. The minimum Gasteiger partial charge on any atom is -0.398 e. The second kappa shape index (κ2) is 5.89. The number of ether oxygens (including phenoxy) is 1. The van der Waals surface area contributed by atoms with Crippen molar-refractivity contribution in [3.8, 4) is 0 Å². The fourth-order valence-electron chi connectivity index (χ4n) is 2.15. The molecule has 1 saturated carbocycles. The van der Waals surface area contributed by atoms with E-state index in [4.69, 9.17) is 22.1 Å². The molecule has 0 heterocycles. The Kier molecular flexibility index (Phi) is 4.59. The van der Waals surface area contributed by atoms with Crippen molar-refractivity contribution in [2.75, 3.05) is 12.3 Å². The van der Waals surface area contributed by atoms with Gasteiger partial charge in [0.1, 0.15) is 0 Å². The van der Waals surface area contributed by atoms with Gasteiger partial charge in [0.2, 0.25) is 10.0 Å². The smallest absolute Gasteiger partial charge is 0.240 e. The Morgan fingerprint density at radius 1 is 1.45 bits per heavy atom. The molecule has 1 aliphatic rings. The summed E-state index contributed by atoms with van der Waals surface area (Å²) in [7, 11) is -3.59. The van der Waals surface area contributed by atoms with Gasteiger partial charge in [-0.2, -0.15) is 0 Å². The van der Waals surface area contributed by atoms with Crippen LogP contribution in [0, 0.1) is 6.92 Å². The van der Waals surface area contributed by atoms with E-state index >= 15 is 0 Å². The van der Waals surface area contributed by atoms with E-state index in [0.29, 0.717) is 35.7 Å². The van der Waals surface area contributed by atoms with Crippen LogP contribution in [0.1, 0.15) is 25.3 Å². The van der Waals surface area contributed by atoms with Gasteiger partial charge in [-0.15, -0.1) is 0 Å². The Morgan fingerprint density at radius 2 is 2.10 bits per heavy atom. The fraction of sp³-hybridized carbons (Fsp3) is 0.538. The van der Waals surface area contributed by atoms with E-state index in [1.165, 1.54) is 12.1 Å². The van der Waals surface area contributed by atoms with Crippen molar-refractivity contribution < 1.29 is 13.2 Å². The van der Waals surface area contributed by atoms with Gasteiger partial charge in [0, 0.05) is 23.4 Å². The average Bonchev–Trinajstić information content (AvgIpc) is 2.32. The summed E-state index contributed by atoms with van der Waals surface area (Å²) in [5.74, 6) is 0. The zero-order valence-electron chi connectivity index (χ0n) is 11.5. The lowest BCUT2D eigenvalue weighted by atomic mass is 9.90. The Balaban J connectivity index is 2.08. The van der Waals surface area contributed by atoms with E-state index < -0.39 is 10.0 Å². The van der Waals surface area contributed by atoms with Crippen LogP contribution >= 0.6 is 11.6 Å². The molecule has 20 heavy (non-hydrogen) atoms. The van der Waals surface area contributed by atoms with E-state index in [-0.39, 0.29) is 17.0 Å². The van der Waals surface area contributed by atoms with E-state index in [1.54, 1.807) is 6.92 Å². The Bertz CT molecular complexity index is 575. The van der Waals surface area contributed by atoms with Crippen LogP contribution in [0.25, 0.3) is 0 Å². The molecule has 0 aliphatic heterocycles. The molecule has 1 aliphatic carbocycles. The number of anilines is 1. The fourth-order valence-corrected chi connectivity index (χ4v) is 3.76. The summed E-state index contributed by atoms with van der Waals surface area (Å²) >= 11 is 5.98. The number of hydrogen-bond acceptors (Lipinski definition) is 4. The molecule has 7 heteroatoms. The molecule has 0 atom stereocenters. The van der Waals surface area contributed by atoms with Gasteiger partial charge in [-0.25, -0.2) is 13.1 Å². The predicted octanol–water partition coefficient (Wildman–Crippen LogP) is 2.08. The molecule has 0 bridgehead atoms. The number of hydrogen-bond donors (Lipinski definition) is 2. The van der Waals surface area contributed by atoms with Crippen molar-refractivity contribution in [3.63, 3.8) is 0 Å². The topological polar surface area (TPSA) is 81.4 Å². The lowest BCUT2D eigenvalue weighted by Crippen LogP contribution is -2.47. The molecular formula is C13H19ClN2O3S. The summed E-state index contributed by atoms with van der Waals surface area (Å²) in [4.78, 5) is 0.102. The summed E-state index contributed by atoms with van der Waals surface area (Å²) in [5.41, 5.74) is 6.82. The van der Waals surface area contributed by atoms with Gasteiger partial charge in [0.05, 0.1) is 11.0 Å². The van der Waals surface area contributed by atoms with Crippen LogP contribution in [0.4, 0.5) is 5.69 Å². The first-order chi connectivity index (χ1) is 9.33. The first-order valence-electron chi connectivity index (χ1n) is 6.53. The predicted molar refractivity (Wildman–Crippen MR) is 79.4 cm³/mol. The zero-order valence-corrected chi connectivity index (χ0v) is 13.1. The second-order valence-electron chi connectivity index (χ2n) is 4.99. The standard InChI is InChI=1S/C13H19ClN2O3S/c1-3-19-10-4-9(5-10)16-20(17,18)11-6-12(14)8(2)13(15)7-11/h6-7,9-10,16H,3-5,15H2,1-2H3. The number of nitrogens with two attached hydrogens (primary N) is 1. The minimum atomic E-state index is -3.59. The van der Waals surface area contributed by atoms with E-state index in [9.17, 15) is 8.42 Å². The largest absolute Gasteiger partial charge is 0.398 e. The van der Waals surface area contributed by atoms with Crippen molar-refractivity contribution in [2.45, 2.75) is 43.7 Å². The molecule has 0 amide bonds. The second-order valence-corrected chi connectivity index (χ2v) is 7.11. The SMILES string of the molecule is CCOC1CC(NS(=O)(=O)c2cc(N)c(C)c(Cl)c2)C1. The Labute approximate surface area is 124 Å². The monoisotopic (exact) mass is 318 g/mol. The van der Waals surface area contributed by atoms with Gasteiger partial charge >= 0.3 is 0 Å². The number of benzene rings is 1. The van der Waals surface area contributed by atoms with Crippen LogP contribution < -0.4 is 10.5 Å². The van der Waals surface area contributed by atoms with Crippen molar-refractivity contribution >= 4 is 27.3 Å². The number of sulfonamides is 1. The van der Waals surface area contributed by atoms with Crippen molar-refractivity contribution in [1.82, 2.24) is 4.72 Å². The number of halogens is 1. The lowest BCUT2D eigenvalue weighted by molar-refractivity contribution is -0.00475. The maximum atomic E-state index is 12.2. The average molecular weight is 319 g/mol. The molecule has 0 aromatic heterocycles. The van der Waals surface area contributed by atoms with Gasteiger partial charge < -0.3 is 10.5 Å². The molecule has 3 N–H and O–H groups in total. The normalized spacial score (nSPS) is 22.6. The molecule has 1 fully saturated rings. The first-order valence-corrected chi connectivity index (χ1v) is 8.39. The molecule has 1 aromatic rings. The molecule has 2 rings (SSSR count). The molecule has 0 saturated heterocycles. The molecule has 1 aromatic carbocycles. The maximum Gasteiger partial charge on any atom is 0.240 e. The molecule has 0 spiro atoms. The van der Waals surface area contributed by atoms with Gasteiger partial charge in [0.25, 0.3) is 0 Å². The highest BCUT2D eigenvalue weighted by molar-refractivity contribution is 7.89.